The molecule has 0 amide bonds. The number of halogens is 1. The van der Waals surface area contributed by atoms with E-state index in [-0.39, 0.29) is 5.60 Å². The van der Waals surface area contributed by atoms with Crippen LogP contribution in [0.1, 0.15) is 33.6 Å². The third-order valence-electron chi connectivity index (χ3n) is 3.30. The van der Waals surface area contributed by atoms with Crippen LogP contribution in [-0.4, -0.2) is 24.9 Å². The predicted octanol–water partition coefficient (Wildman–Crippen LogP) is 4.11. The molecule has 1 unspecified atom stereocenters. The van der Waals surface area contributed by atoms with Crippen molar-refractivity contribution in [3.8, 4) is 5.75 Å². The van der Waals surface area contributed by atoms with Gasteiger partial charge in [0.15, 0.2) is 0 Å². The molecule has 19 heavy (non-hydrogen) atoms. The minimum Gasteiger partial charge on any atom is -0.492 e. The molecule has 3 nitrogen and oxygen atoms in total. The summed E-state index contributed by atoms with van der Waals surface area (Å²) in [6, 6.07) is 6.08. The van der Waals surface area contributed by atoms with Crippen molar-refractivity contribution in [3.05, 3.63) is 23.2 Å². The molecular weight excluding hydrogens is 262 g/mol. The second-order valence-electron chi connectivity index (χ2n) is 5.52. The maximum atomic E-state index is 6.07. The highest BCUT2D eigenvalue weighted by Crippen LogP contribution is 2.32. The third kappa shape index (κ3) is 4.02. The Morgan fingerprint density at radius 2 is 2.26 bits per heavy atom. The van der Waals surface area contributed by atoms with Crippen molar-refractivity contribution in [2.24, 2.45) is 0 Å². The van der Waals surface area contributed by atoms with Crippen LogP contribution in [0.15, 0.2) is 18.2 Å². The van der Waals surface area contributed by atoms with Gasteiger partial charge in [0.2, 0.25) is 0 Å². The first kappa shape index (κ1) is 14.5. The van der Waals surface area contributed by atoms with Gasteiger partial charge in [-0.25, -0.2) is 0 Å². The highest BCUT2D eigenvalue weighted by molar-refractivity contribution is 6.30. The van der Waals surface area contributed by atoms with Gasteiger partial charge in [-0.05, 0) is 51.8 Å². The zero-order chi connectivity index (χ0) is 13.9. The van der Waals surface area contributed by atoms with Gasteiger partial charge in [-0.1, -0.05) is 11.6 Å². The van der Waals surface area contributed by atoms with Gasteiger partial charge in [-0.3, -0.25) is 0 Å². The Kier molecular flexibility index (Phi) is 4.58. The summed E-state index contributed by atoms with van der Waals surface area (Å²) < 4.78 is 11.4. The summed E-state index contributed by atoms with van der Waals surface area (Å²) in [6.07, 6.45) is 1.98. The standard InChI is InChI=1S/C15H22ClNO2/c1-4-18-14-6-5-11(16)9-13(14)17-12-7-8-19-15(2,3)10-12/h5-6,9,12,17H,4,7-8,10H2,1-3H3. The molecule has 0 saturated carbocycles. The summed E-state index contributed by atoms with van der Waals surface area (Å²) in [5.41, 5.74) is 0.900. The number of hydrogen-bond donors (Lipinski definition) is 1. The van der Waals surface area contributed by atoms with Crippen molar-refractivity contribution < 1.29 is 9.47 Å². The smallest absolute Gasteiger partial charge is 0.142 e. The van der Waals surface area contributed by atoms with Crippen molar-refractivity contribution in [2.45, 2.75) is 45.3 Å². The van der Waals surface area contributed by atoms with Gasteiger partial charge < -0.3 is 14.8 Å². The molecule has 1 heterocycles. The van der Waals surface area contributed by atoms with Gasteiger partial charge in [0.1, 0.15) is 5.75 Å². The molecule has 1 saturated heterocycles. The van der Waals surface area contributed by atoms with Crippen molar-refractivity contribution >= 4 is 17.3 Å². The van der Waals surface area contributed by atoms with E-state index < -0.39 is 0 Å². The maximum absolute atomic E-state index is 6.07. The van der Waals surface area contributed by atoms with Gasteiger partial charge in [0, 0.05) is 17.7 Å². The molecule has 2 rings (SSSR count). The molecule has 106 valence electrons. The van der Waals surface area contributed by atoms with Crippen molar-refractivity contribution in [1.29, 1.82) is 0 Å². The molecule has 0 aliphatic carbocycles. The first-order chi connectivity index (χ1) is 9.00. The zero-order valence-corrected chi connectivity index (χ0v) is 12.6. The lowest BCUT2D eigenvalue weighted by molar-refractivity contribution is -0.0553. The molecule has 1 fully saturated rings. The molecule has 1 N–H and O–H groups in total. The number of nitrogens with one attached hydrogen (secondary N) is 1. The fourth-order valence-electron chi connectivity index (χ4n) is 2.47. The highest BCUT2D eigenvalue weighted by Gasteiger charge is 2.29. The monoisotopic (exact) mass is 283 g/mol. The van der Waals surface area contributed by atoms with E-state index in [1.807, 2.05) is 25.1 Å². The van der Waals surface area contributed by atoms with Gasteiger partial charge >= 0.3 is 0 Å². The average Bonchev–Trinajstić information content (AvgIpc) is 2.31. The van der Waals surface area contributed by atoms with Crippen LogP contribution >= 0.6 is 11.6 Å². The van der Waals surface area contributed by atoms with E-state index in [4.69, 9.17) is 21.1 Å². The zero-order valence-electron chi connectivity index (χ0n) is 11.8. The van der Waals surface area contributed by atoms with Gasteiger partial charge in [-0.2, -0.15) is 0 Å². The third-order valence-corrected chi connectivity index (χ3v) is 3.53. The second-order valence-corrected chi connectivity index (χ2v) is 5.95. The fraction of sp³-hybridized carbons (Fsp3) is 0.600. The van der Waals surface area contributed by atoms with Gasteiger partial charge in [0.25, 0.3) is 0 Å². The normalized spacial score (nSPS) is 22.0. The highest BCUT2D eigenvalue weighted by atomic mass is 35.5. The van der Waals surface area contributed by atoms with E-state index in [1.165, 1.54) is 0 Å². The lowest BCUT2D eigenvalue weighted by atomic mass is 9.94. The van der Waals surface area contributed by atoms with Crippen molar-refractivity contribution in [1.82, 2.24) is 0 Å². The topological polar surface area (TPSA) is 30.5 Å². The quantitative estimate of drug-likeness (QED) is 0.902. The summed E-state index contributed by atoms with van der Waals surface area (Å²) >= 11 is 6.07. The Hall–Kier alpha value is -0.930. The molecule has 1 aromatic carbocycles. The van der Waals surface area contributed by atoms with Gasteiger partial charge in [0.05, 0.1) is 17.9 Å². The molecule has 0 bridgehead atoms. The van der Waals surface area contributed by atoms with Crippen LogP contribution in [0.5, 0.6) is 5.75 Å². The van der Waals surface area contributed by atoms with Crippen molar-refractivity contribution in [2.75, 3.05) is 18.5 Å². The molecule has 0 radical (unpaired) electrons. The summed E-state index contributed by atoms with van der Waals surface area (Å²) in [5, 5.41) is 4.26. The Morgan fingerprint density at radius 3 is 2.95 bits per heavy atom. The van der Waals surface area contributed by atoms with Crippen LogP contribution in [0, 0.1) is 0 Å². The molecular formula is C15H22ClNO2. The van der Waals surface area contributed by atoms with E-state index >= 15 is 0 Å². The molecule has 4 heteroatoms. The number of anilines is 1. The van der Waals surface area contributed by atoms with Crippen LogP contribution in [0.3, 0.4) is 0 Å². The molecule has 1 atom stereocenters. The lowest BCUT2D eigenvalue weighted by Crippen LogP contribution is -2.40. The van der Waals surface area contributed by atoms with Crippen LogP contribution in [-0.2, 0) is 4.74 Å². The lowest BCUT2D eigenvalue weighted by Gasteiger charge is -2.36. The summed E-state index contributed by atoms with van der Waals surface area (Å²) in [5.74, 6) is 0.858. The van der Waals surface area contributed by atoms with E-state index in [0.29, 0.717) is 12.6 Å². The molecule has 1 aromatic rings. The van der Waals surface area contributed by atoms with Crippen LogP contribution < -0.4 is 10.1 Å². The van der Waals surface area contributed by atoms with Crippen LogP contribution in [0.25, 0.3) is 0 Å². The van der Waals surface area contributed by atoms with Crippen LogP contribution in [0.2, 0.25) is 5.02 Å². The number of hydrogen-bond acceptors (Lipinski definition) is 3. The Labute approximate surface area is 120 Å². The largest absolute Gasteiger partial charge is 0.492 e. The fourth-order valence-corrected chi connectivity index (χ4v) is 2.64. The predicted molar refractivity (Wildman–Crippen MR) is 79.3 cm³/mol. The molecule has 1 aliphatic rings. The number of ether oxygens (including phenoxy) is 2. The van der Waals surface area contributed by atoms with E-state index in [0.717, 1.165) is 35.9 Å². The average molecular weight is 284 g/mol. The summed E-state index contributed by atoms with van der Waals surface area (Å²) in [4.78, 5) is 0. The minimum absolute atomic E-state index is 0.0692. The van der Waals surface area contributed by atoms with Crippen LogP contribution in [0.4, 0.5) is 5.69 Å². The minimum atomic E-state index is -0.0692. The number of rotatable bonds is 4. The maximum Gasteiger partial charge on any atom is 0.142 e. The first-order valence-electron chi connectivity index (χ1n) is 6.83. The molecule has 1 aliphatic heterocycles. The second kappa shape index (κ2) is 6.02. The van der Waals surface area contributed by atoms with E-state index in [2.05, 4.69) is 19.2 Å². The molecule has 0 spiro atoms. The number of benzene rings is 1. The van der Waals surface area contributed by atoms with E-state index in [1.54, 1.807) is 0 Å². The SMILES string of the molecule is CCOc1ccc(Cl)cc1NC1CCOC(C)(C)C1. The van der Waals surface area contributed by atoms with Gasteiger partial charge in [-0.15, -0.1) is 0 Å². The Morgan fingerprint density at radius 1 is 1.47 bits per heavy atom. The summed E-state index contributed by atoms with van der Waals surface area (Å²) in [7, 11) is 0. The van der Waals surface area contributed by atoms with E-state index in [9.17, 15) is 0 Å². The first-order valence-corrected chi connectivity index (χ1v) is 7.21. The molecule has 0 aromatic heterocycles. The Balaban J connectivity index is 2.11. The van der Waals surface area contributed by atoms with Crippen molar-refractivity contribution in [3.63, 3.8) is 0 Å². The Bertz CT molecular complexity index is 434. The summed E-state index contributed by atoms with van der Waals surface area (Å²) in [6.45, 7) is 7.67.